The van der Waals surface area contributed by atoms with Gasteiger partial charge in [-0.05, 0) is 35.5 Å². The van der Waals surface area contributed by atoms with Gasteiger partial charge < -0.3 is 16.0 Å². The molecule has 4 rings (SSSR count). The molecule has 3 heterocycles. The third-order valence-corrected chi connectivity index (χ3v) is 6.13. The number of amides is 1. The monoisotopic (exact) mass is 361 g/mol. The van der Waals surface area contributed by atoms with E-state index in [4.69, 9.17) is 12.2 Å². The Morgan fingerprint density at radius 1 is 1.25 bits per heavy atom. The molecular formula is C17H19N3O2S2. The first-order valence-electron chi connectivity index (χ1n) is 8.03. The van der Waals surface area contributed by atoms with E-state index in [0.29, 0.717) is 11.5 Å². The SMILES string of the molecule is CC1(C)CC(=O)C2=C(C1)NC1NC(=S)NC(=O)C1C2c1cccs1. The minimum Gasteiger partial charge on any atom is -0.368 e. The van der Waals surface area contributed by atoms with E-state index in [1.165, 1.54) is 0 Å². The summed E-state index contributed by atoms with van der Waals surface area (Å²) >= 11 is 6.73. The average molecular weight is 361 g/mol. The smallest absolute Gasteiger partial charge is 0.234 e. The number of allylic oxidation sites excluding steroid dienone is 2. The standard InChI is InChI=1S/C17H19N3O2S2/c1-17(2)6-8-11(9(21)7-17)12(10-4-3-5-24-10)13-14(18-8)19-16(23)20-15(13)22/h3-5,12-14,18H,6-7H2,1-2H3,(H2,19,20,22,23). The van der Waals surface area contributed by atoms with Crippen LogP contribution in [0.3, 0.4) is 0 Å². The van der Waals surface area contributed by atoms with Crippen molar-refractivity contribution < 1.29 is 9.59 Å². The van der Waals surface area contributed by atoms with E-state index in [9.17, 15) is 9.59 Å². The molecule has 3 N–H and O–H groups in total. The van der Waals surface area contributed by atoms with Gasteiger partial charge in [0.05, 0.1) is 5.92 Å². The van der Waals surface area contributed by atoms with Crippen molar-refractivity contribution in [3.8, 4) is 0 Å². The number of thiophene rings is 1. The molecule has 0 radical (unpaired) electrons. The van der Waals surface area contributed by atoms with E-state index in [2.05, 4.69) is 29.8 Å². The molecule has 0 spiro atoms. The first-order chi connectivity index (χ1) is 11.4. The lowest BCUT2D eigenvalue weighted by molar-refractivity contribution is -0.126. The van der Waals surface area contributed by atoms with Crippen LogP contribution in [0, 0.1) is 11.3 Å². The molecule has 1 aliphatic carbocycles. The highest BCUT2D eigenvalue weighted by molar-refractivity contribution is 7.80. The maximum Gasteiger partial charge on any atom is 0.234 e. The number of ketones is 1. The second-order valence-corrected chi connectivity index (χ2v) is 8.82. The Morgan fingerprint density at radius 2 is 2.04 bits per heavy atom. The Hall–Kier alpha value is -1.73. The lowest BCUT2D eigenvalue weighted by Gasteiger charge is -2.47. The van der Waals surface area contributed by atoms with Gasteiger partial charge in [-0.15, -0.1) is 11.3 Å². The Balaban J connectivity index is 1.86. The zero-order valence-corrected chi connectivity index (χ0v) is 15.1. The van der Waals surface area contributed by atoms with Crippen LogP contribution in [0.15, 0.2) is 28.8 Å². The zero-order chi connectivity index (χ0) is 17.1. The van der Waals surface area contributed by atoms with Crippen LogP contribution in [-0.4, -0.2) is 23.0 Å². The number of fused-ring (bicyclic) bond motifs is 1. The highest BCUT2D eigenvalue weighted by atomic mass is 32.1. The molecule has 1 aromatic rings. The van der Waals surface area contributed by atoms with Crippen LogP contribution in [0.1, 0.15) is 37.5 Å². The maximum atomic E-state index is 12.9. The molecule has 0 aromatic carbocycles. The number of rotatable bonds is 1. The molecule has 3 atom stereocenters. The Morgan fingerprint density at radius 3 is 2.75 bits per heavy atom. The fraction of sp³-hybridized carbons (Fsp3) is 0.471. The molecular weight excluding hydrogens is 342 g/mol. The minimum absolute atomic E-state index is 0.0762. The Kier molecular flexibility index (Phi) is 3.54. The number of carbonyl (C=O) groups is 2. The third kappa shape index (κ3) is 2.46. The lowest BCUT2D eigenvalue weighted by Crippen LogP contribution is -2.66. The van der Waals surface area contributed by atoms with Crippen LogP contribution >= 0.6 is 23.6 Å². The summed E-state index contributed by atoms with van der Waals surface area (Å²) in [5, 5.41) is 11.6. The van der Waals surface area contributed by atoms with E-state index in [0.717, 1.165) is 22.6 Å². The molecule has 0 bridgehead atoms. The fourth-order valence-corrected chi connectivity index (χ4v) is 5.17. The summed E-state index contributed by atoms with van der Waals surface area (Å²) < 4.78 is 0. The van der Waals surface area contributed by atoms with Crippen molar-refractivity contribution >= 4 is 40.4 Å². The largest absolute Gasteiger partial charge is 0.368 e. The average Bonchev–Trinajstić information content (AvgIpc) is 2.96. The summed E-state index contributed by atoms with van der Waals surface area (Å²) in [6, 6.07) is 3.98. The van der Waals surface area contributed by atoms with Crippen molar-refractivity contribution in [2.24, 2.45) is 11.3 Å². The second-order valence-electron chi connectivity index (χ2n) is 7.44. The van der Waals surface area contributed by atoms with Crippen molar-refractivity contribution in [1.29, 1.82) is 0 Å². The zero-order valence-electron chi connectivity index (χ0n) is 13.5. The van der Waals surface area contributed by atoms with Crippen LogP contribution < -0.4 is 16.0 Å². The Labute approximate surface area is 149 Å². The third-order valence-electron chi connectivity index (χ3n) is 4.95. The van der Waals surface area contributed by atoms with E-state index in [-0.39, 0.29) is 35.1 Å². The molecule has 1 aromatic heterocycles. The summed E-state index contributed by atoms with van der Waals surface area (Å²) in [6.07, 6.45) is 1.04. The van der Waals surface area contributed by atoms with Crippen molar-refractivity contribution in [3.05, 3.63) is 33.7 Å². The molecule has 3 aliphatic rings. The number of hydrogen-bond donors (Lipinski definition) is 3. The summed E-state index contributed by atoms with van der Waals surface area (Å²) in [7, 11) is 0. The predicted molar refractivity (Wildman–Crippen MR) is 96.4 cm³/mol. The number of Topliss-reactive ketones (excluding diaryl/α,β-unsaturated/α-hetero) is 1. The maximum absolute atomic E-state index is 12.9. The quantitative estimate of drug-likeness (QED) is 0.668. The number of hydrogen-bond acceptors (Lipinski definition) is 5. The topological polar surface area (TPSA) is 70.2 Å². The number of nitrogens with one attached hydrogen (secondary N) is 3. The van der Waals surface area contributed by atoms with Gasteiger partial charge in [-0.2, -0.15) is 0 Å². The van der Waals surface area contributed by atoms with E-state index < -0.39 is 0 Å². The van der Waals surface area contributed by atoms with Gasteiger partial charge in [-0.25, -0.2) is 0 Å². The van der Waals surface area contributed by atoms with Crippen LogP contribution in [0.5, 0.6) is 0 Å². The minimum atomic E-state index is -0.390. The summed E-state index contributed by atoms with van der Waals surface area (Å²) in [5.41, 5.74) is 1.66. The molecule has 126 valence electrons. The van der Waals surface area contributed by atoms with Crippen molar-refractivity contribution in [2.75, 3.05) is 0 Å². The summed E-state index contributed by atoms with van der Waals surface area (Å²) in [4.78, 5) is 26.6. The highest BCUT2D eigenvalue weighted by Gasteiger charge is 2.50. The second kappa shape index (κ2) is 5.39. The van der Waals surface area contributed by atoms with Crippen LogP contribution in [-0.2, 0) is 9.59 Å². The lowest BCUT2D eigenvalue weighted by atomic mass is 9.67. The van der Waals surface area contributed by atoms with Gasteiger partial charge in [0.15, 0.2) is 10.9 Å². The van der Waals surface area contributed by atoms with Crippen LogP contribution in [0.25, 0.3) is 0 Å². The van der Waals surface area contributed by atoms with Gasteiger partial charge in [0.1, 0.15) is 6.17 Å². The molecule has 1 amide bonds. The molecule has 24 heavy (non-hydrogen) atoms. The van der Waals surface area contributed by atoms with Gasteiger partial charge in [-0.1, -0.05) is 19.9 Å². The van der Waals surface area contributed by atoms with E-state index in [1.807, 2.05) is 17.5 Å². The van der Waals surface area contributed by atoms with Gasteiger partial charge in [-0.3, -0.25) is 9.59 Å². The molecule has 2 aliphatic heterocycles. The normalized spacial score (nSPS) is 31.6. The molecule has 1 saturated heterocycles. The van der Waals surface area contributed by atoms with Gasteiger partial charge >= 0.3 is 0 Å². The molecule has 7 heteroatoms. The summed E-state index contributed by atoms with van der Waals surface area (Å²) in [6.45, 7) is 4.21. The first-order valence-corrected chi connectivity index (χ1v) is 9.32. The first kappa shape index (κ1) is 15.8. The van der Waals surface area contributed by atoms with Crippen LogP contribution in [0.4, 0.5) is 0 Å². The highest BCUT2D eigenvalue weighted by Crippen LogP contribution is 2.48. The van der Waals surface area contributed by atoms with Gasteiger partial charge in [0.2, 0.25) is 5.91 Å². The molecule has 3 unspecified atom stereocenters. The summed E-state index contributed by atoms with van der Waals surface area (Å²) in [5.74, 6) is -0.588. The van der Waals surface area contributed by atoms with Gasteiger partial charge in [0.25, 0.3) is 0 Å². The Bertz CT molecular complexity index is 767. The van der Waals surface area contributed by atoms with Crippen LogP contribution in [0.2, 0.25) is 0 Å². The number of thiocarbonyl (C=S) groups is 1. The van der Waals surface area contributed by atoms with Crippen molar-refractivity contribution in [2.45, 2.75) is 38.8 Å². The van der Waals surface area contributed by atoms with Crippen molar-refractivity contribution in [3.63, 3.8) is 0 Å². The van der Waals surface area contributed by atoms with E-state index >= 15 is 0 Å². The fourth-order valence-electron chi connectivity index (χ4n) is 4.06. The molecule has 0 saturated carbocycles. The predicted octanol–water partition coefficient (Wildman–Crippen LogP) is 2.02. The van der Waals surface area contributed by atoms with Crippen molar-refractivity contribution in [1.82, 2.24) is 16.0 Å². The van der Waals surface area contributed by atoms with Gasteiger partial charge in [0, 0.05) is 28.5 Å². The molecule has 5 nitrogen and oxygen atoms in total. The molecule has 1 fully saturated rings. The number of carbonyl (C=O) groups excluding carboxylic acids is 2. The van der Waals surface area contributed by atoms with E-state index in [1.54, 1.807) is 11.3 Å².